The van der Waals surface area contributed by atoms with Gasteiger partial charge in [-0.05, 0) is 30.2 Å². The van der Waals surface area contributed by atoms with Crippen LogP contribution in [-0.2, 0) is 30.5 Å². The van der Waals surface area contributed by atoms with Gasteiger partial charge in [0, 0.05) is 38.5 Å². The molecular formula is C22H30O6. The first-order valence-corrected chi connectivity index (χ1v) is 9.37. The van der Waals surface area contributed by atoms with E-state index in [4.69, 9.17) is 9.84 Å². The van der Waals surface area contributed by atoms with Crippen molar-refractivity contribution in [2.24, 2.45) is 11.8 Å². The number of benzene rings is 1. The van der Waals surface area contributed by atoms with Crippen LogP contribution in [0, 0.1) is 11.8 Å². The summed E-state index contributed by atoms with van der Waals surface area (Å²) in [5.41, 5.74) is 1.000. The van der Waals surface area contributed by atoms with Gasteiger partial charge in [0.1, 0.15) is 18.2 Å². The molecule has 6 nitrogen and oxygen atoms in total. The van der Waals surface area contributed by atoms with Gasteiger partial charge in [0.15, 0.2) is 0 Å². The van der Waals surface area contributed by atoms with Gasteiger partial charge >= 0.3 is 11.9 Å². The van der Waals surface area contributed by atoms with Crippen LogP contribution >= 0.6 is 0 Å². The molecule has 0 aliphatic heterocycles. The van der Waals surface area contributed by atoms with Crippen LogP contribution in [0.1, 0.15) is 64.4 Å². The molecule has 0 saturated heterocycles. The summed E-state index contributed by atoms with van der Waals surface area (Å²) < 4.78 is 5.15. The Hall–Kier alpha value is -2.50. The highest BCUT2D eigenvalue weighted by molar-refractivity contribution is 5.85. The first-order chi connectivity index (χ1) is 12.9. The summed E-state index contributed by atoms with van der Waals surface area (Å²) in [6, 6.07) is 9.63. The summed E-state index contributed by atoms with van der Waals surface area (Å²) in [5, 5.41) is 8.26. The molecule has 2 fully saturated rings. The molecule has 0 bridgehead atoms. The van der Waals surface area contributed by atoms with Crippen molar-refractivity contribution < 1.29 is 29.0 Å². The fourth-order valence-corrected chi connectivity index (χ4v) is 3.04. The van der Waals surface area contributed by atoms with Crippen LogP contribution in [0.3, 0.4) is 0 Å². The van der Waals surface area contributed by atoms with E-state index in [2.05, 4.69) is 0 Å². The van der Waals surface area contributed by atoms with Gasteiger partial charge in [0.2, 0.25) is 0 Å². The van der Waals surface area contributed by atoms with Gasteiger partial charge in [-0.1, -0.05) is 37.8 Å². The maximum atomic E-state index is 11.4. The third-order valence-corrected chi connectivity index (χ3v) is 4.83. The Morgan fingerprint density at radius 3 is 1.86 bits per heavy atom. The molecule has 6 heteroatoms. The van der Waals surface area contributed by atoms with Crippen molar-refractivity contribution in [3.63, 3.8) is 0 Å². The maximum Gasteiger partial charge on any atom is 0.306 e. The van der Waals surface area contributed by atoms with Gasteiger partial charge in [0.05, 0.1) is 0 Å². The normalized spacial score (nSPS) is 16.0. The Bertz CT molecular complexity index is 651. The number of rotatable bonds is 8. The second kappa shape index (κ2) is 12.1. The average molecular weight is 390 g/mol. The van der Waals surface area contributed by atoms with E-state index < -0.39 is 5.97 Å². The largest absolute Gasteiger partial charge is 0.481 e. The number of hydrogen-bond donors (Lipinski definition) is 1. The average Bonchev–Trinajstić information content (AvgIpc) is 2.60. The van der Waals surface area contributed by atoms with Gasteiger partial charge in [-0.2, -0.15) is 0 Å². The molecule has 28 heavy (non-hydrogen) atoms. The zero-order valence-corrected chi connectivity index (χ0v) is 15.4. The Labute approximate surface area is 166 Å². The predicted octanol–water partition coefficient (Wildman–Crippen LogP) is 3.96. The molecule has 0 amide bonds. The van der Waals surface area contributed by atoms with Crippen molar-refractivity contribution in [2.45, 2.75) is 65.4 Å². The monoisotopic (exact) mass is 390 g/mol. The fourth-order valence-electron chi connectivity index (χ4n) is 3.04. The van der Waals surface area contributed by atoms with Crippen molar-refractivity contribution >= 4 is 23.5 Å². The molecule has 154 valence electrons. The van der Waals surface area contributed by atoms with Crippen LogP contribution in [0.4, 0.5) is 0 Å². The number of carbonyl (C=O) groups excluding carboxylic acids is 3. The summed E-state index contributed by atoms with van der Waals surface area (Å²) in [7, 11) is 0. The highest BCUT2D eigenvalue weighted by atomic mass is 16.5. The quantitative estimate of drug-likeness (QED) is 0.675. The first-order valence-electron chi connectivity index (χ1n) is 9.37. The van der Waals surface area contributed by atoms with Crippen molar-refractivity contribution in [3.8, 4) is 0 Å². The number of esters is 1. The van der Waals surface area contributed by atoms with Crippen molar-refractivity contribution in [1.29, 1.82) is 0 Å². The highest BCUT2D eigenvalue weighted by Gasteiger charge is 2.27. The number of carbonyl (C=O) groups is 4. The molecule has 2 aliphatic carbocycles. The summed E-state index contributed by atoms with van der Waals surface area (Å²) in [6.07, 6.45) is 4.57. The van der Waals surface area contributed by atoms with Gasteiger partial charge in [0.25, 0.3) is 0 Å². The molecule has 2 aliphatic rings. The zero-order valence-electron chi connectivity index (χ0n) is 15.4. The van der Waals surface area contributed by atoms with Gasteiger partial charge in [-0.3, -0.25) is 19.2 Å². The minimum absolute atomic E-state index is 0. The minimum Gasteiger partial charge on any atom is -0.481 e. The van der Waals surface area contributed by atoms with E-state index in [1.165, 1.54) is 0 Å². The van der Waals surface area contributed by atoms with Crippen molar-refractivity contribution in [1.82, 2.24) is 0 Å². The fraction of sp³-hybridized carbons (Fsp3) is 0.545. The molecule has 0 heterocycles. The lowest BCUT2D eigenvalue weighted by Gasteiger charge is -2.23. The second-order valence-corrected chi connectivity index (χ2v) is 7.24. The smallest absolute Gasteiger partial charge is 0.306 e. The van der Waals surface area contributed by atoms with Gasteiger partial charge in [-0.25, -0.2) is 0 Å². The number of ether oxygens (including phenoxy) is 1. The Balaban J connectivity index is 0.000000307. The van der Waals surface area contributed by atoms with E-state index >= 15 is 0 Å². The summed E-state index contributed by atoms with van der Waals surface area (Å²) in [6.45, 7) is 0.337. The number of hydrogen-bond acceptors (Lipinski definition) is 5. The molecule has 1 aromatic rings. The van der Waals surface area contributed by atoms with Gasteiger partial charge in [-0.15, -0.1) is 0 Å². The highest BCUT2D eigenvalue weighted by Crippen LogP contribution is 2.27. The number of carboxylic acids is 1. The standard InChI is InChI=1S/C14H16O3.C7H10O3.CH4/c15-13-8-12(9-13)6-7-14(16)17-10-11-4-2-1-3-5-11;8-6-3-5(4-6)1-2-7(9)10;/h1-5,12H,6-10H2;5H,1-4H2,(H,9,10);1H4. The third-order valence-electron chi connectivity index (χ3n) is 4.83. The molecule has 0 atom stereocenters. The topological polar surface area (TPSA) is 97.7 Å². The van der Waals surface area contributed by atoms with Crippen LogP contribution in [0.15, 0.2) is 30.3 Å². The number of carboxylic acid groups (broad SMARTS) is 1. The van der Waals surface area contributed by atoms with E-state index in [9.17, 15) is 19.2 Å². The van der Waals surface area contributed by atoms with E-state index in [0.717, 1.165) is 12.0 Å². The number of aliphatic carboxylic acids is 1. The van der Waals surface area contributed by atoms with E-state index in [-0.39, 0.29) is 25.6 Å². The summed E-state index contributed by atoms with van der Waals surface area (Å²) in [5.74, 6) is 0.422. The second-order valence-electron chi connectivity index (χ2n) is 7.24. The Morgan fingerprint density at radius 2 is 1.39 bits per heavy atom. The van der Waals surface area contributed by atoms with E-state index in [1.807, 2.05) is 30.3 Å². The minimum atomic E-state index is -0.764. The molecule has 0 aromatic heterocycles. The van der Waals surface area contributed by atoms with E-state index in [0.29, 0.717) is 62.8 Å². The van der Waals surface area contributed by atoms with Crippen molar-refractivity contribution in [3.05, 3.63) is 35.9 Å². The van der Waals surface area contributed by atoms with Crippen LogP contribution in [0.2, 0.25) is 0 Å². The molecule has 1 N–H and O–H groups in total. The molecule has 0 spiro atoms. The lowest BCUT2D eigenvalue weighted by molar-refractivity contribution is -0.146. The number of Topliss-reactive ketones (excluding diaryl/α,β-unsaturated/α-hetero) is 2. The number of ketones is 2. The summed E-state index contributed by atoms with van der Waals surface area (Å²) >= 11 is 0. The molecule has 0 radical (unpaired) electrons. The molecular weight excluding hydrogens is 360 g/mol. The molecule has 1 aromatic carbocycles. The zero-order chi connectivity index (χ0) is 19.6. The summed E-state index contributed by atoms with van der Waals surface area (Å²) in [4.78, 5) is 42.6. The predicted molar refractivity (Wildman–Crippen MR) is 105 cm³/mol. The maximum absolute atomic E-state index is 11.4. The Morgan fingerprint density at radius 1 is 0.893 bits per heavy atom. The first kappa shape index (κ1) is 23.5. The third kappa shape index (κ3) is 8.93. The van der Waals surface area contributed by atoms with Crippen molar-refractivity contribution in [2.75, 3.05) is 0 Å². The van der Waals surface area contributed by atoms with Gasteiger partial charge < -0.3 is 9.84 Å². The lowest BCUT2D eigenvalue weighted by atomic mass is 9.81. The van der Waals surface area contributed by atoms with E-state index in [1.54, 1.807) is 0 Å². The molecule has 0 unspecified atom stereocenters. The van der Waals surface area contributed by atoms with Crippen LogP contribution in [0.5, 0.6) is 0 Å². The molecule has 2 saturated carbocycles. The Kier molecular flexibility index (Phi) is 10.1. The SMILES string of the molecule is C.O=C(O)CCC1CC(=O)C1.O=C1CC(CCC(=O)OCc2ccccc2)C1. The molecule has 3 rings (SSSR count). The van der Waals surface area contributed by atoms with Crippen LogP contribution < -0.4 is 0 Å². The van der Waals surface area contributed by atoms with Crippen LogP contribution in [0.25, 0.3) is 0 Å². The lowest BCUT2D eigenvalue weighted by Crippen LogP contribution is -2.24. The van der Waals surface area contributed by atoms with Crippen LogP contribution in [-0.4, -0.2) is 28.6 Å².